The number of aryl methyl sites for hydroxylation is 2. The predicted molar refractivity (Wildman–Crippen MR) is 84.4 cm³/mol. The van der Waals surface area contributed by atoms with Gasteiger partial charge in [0.15, 0.2) is 17.7 Å². The number of Topliss-reactive ketones (excluding diaryl/α,β-unsaturated/α-hetero) is 1. The summed E-state index contributed by atoms with van der Waals surface area (Å²) in [5.41, 5.74) is 2.50. The standard InChI is InChI=1S/C17H16BrFO2/c1-10-4-5-11(2)14(8-10)17(20)12(3)21-16-9-13(18)6-7-15(16)19/h4-9,12H,1-3H3. The van der Waals surface area contributed by atoms with Crippen LogP contribution in [0, 0.1) is 19.7 Å². The fourth-order valence-electron chi connectivity index (χ4n) is 2.03. The molecule has 0 aliphatic heterocycles. The Bertz CT molecular complexity index is 682. The Balaban J connectivity index is 2.23. The molecular formula is C17H16BrFO2. The Morgan fingerprint density at radius 3 is 2.62 bits per heavy atom. The third-order valence-corrected chi connectivity index (χ3v) is 3.72. The smallest absolute Gasteiger partial charge is 0.203 e. The molecule has 0 saturated heterocycles. The molecule has 0 amide bonds. The van der Waals surface area contributed by atoms with Crippen molar-refractivity contribution >= 4 is 21.7 Å². The van der Waals surface area contributed by atoms with E-state index in [4.69, 9.17) is 4.74 Å². The quantitative estimate of drug-likeness (QED) is 0.736. The van der Waals surface area contributed by atoms with Crippen molar-refractivity contribution in [3.05, 3.63) is 63.4 Å². The minimum atomic E-state index is -0.755. The number of halogens is 2. The molecule has 21 heavy (non-hydrogen) atoms. The lowest BCUT2D eigenvalue weighted by Crippen LogP contribution is -2.25. The van der Waals surface area contributed by atoms with Crippen molar-refractivity contribution in [2.45, 2.75) is 26.9 Å². The van der Waals surface area contributed by atoms with Crippen LogP contribution in [0.15, 0.2) is 40.9 Å². The molecule has 2 aromatic carbocycles. The summed E-state index contributed by atoms with van der Waals surface area (Å²) >= 11 is 3.26. The zero-order chi connectivity index (χ0) is 15.6. The fourth-order valence-corrected chi connectivity index (χ4v) is 2.37. The van der Waals surface area contributed by atoms with Gasteiger partial charge in [0.2, 0.25) is 5.78 Å². The molecule has 0 bridgehead atoms. The summed E-state index contributed by atoms with van der Waals surface area (Å²) in [6.45, 7) is 5.43. The molecule has 2 rings (SSSR count). The average Bonchev–Trinajstić information content (AvgIpc) is 2.44. The first-order valence-electron chi connectivity index (χ1n) is 6.61. The molecular weight excluding hydrogens is 335 g/mol. The molecule has 4 heteroatoms. The lowest BCUT2D eigenvalue weighted by molar-refractivity contribution is 0.0811. The summed E-state index contributed by atoms with van der Waals surface area (Å²) in [5, 5.41) is 0. The zero-order valence-corrected chi connectivity index (χ0v) is 13.7. The lowest BCUT2D eigenvalue weighted by atomic mass is 9.99. The Labute approximate surface area is 132 Å². The number of hydrogen-bond acceptors (Lipinski definition) is 2. The monoisotopic (exact) mass is 350 g/mol. The third-order valence-electron chi connectivity index (χ3n) is 3.22. The van der Waals surface area contributed by atoms with Crippen LogP contribution in [-0.2, 0) is 0 Å². The van der Waals surface area contributed by atoms with E-state index in [1.165, 1.54) is 12.1 Å². The minimum absolute atomic E-state index is 0.0653. The topological polar surface area (TPSA) is 26.3 Å². The van der Waals surface area contributed by atoms with Gasteiger partial charge in [0, 0.05) is 10.0 Å². The molecule has 110 valence electrons. The van der Waals surface area contributed by atoms with Crippen LogP contribution in [0.4, 0.5) is 4.39 Å². The van der Waals surface area contributed by atoms with Gasteiger partial charge in [-0.15, -0.1) is 0 Å². The molecule has 1 unspecified atom stereocenters. The number of ether oxygens (including phenoxy) is 1. The van der Waals surface area contributed by atoms with E-state index in [1.807, 2.05) is 32.0 Å². The maximum absolute atomic E-state index is 13.7. The van der Waals surface area contributed by atoms with Crippen molar-refractivity contribution < 1.29 is 13.9 Å². The second kappa shape index (κ2) is 6.39. The number of hydrogen-bond donors (Lipinski definition) is 0. The molecule has 0 radical (unpaired) electrons. The summed E-state index contributed by atoms with van der Waals surface area (Å²) in [6.07, 6.45) is -0.755. The van der Waals surface area contributed by atoms with Crippen molar-refractivity contribution in [3.63, 3.8) is 0 Å². The SMILES string of the molecule is Cc1ccc(C)c(C(=O)C(C)Oc2cc(Br)ccc2F)c1. The average molecular weight is 351 g/mol. The van der Waals surface area contributed by atoms with Gasteiger partial charge in [-0.25, -0.2) is 4.39 Å². The molecule has 0 spiro atoms. The summed E-state index contributed by atoms with van der Waals surface area (Å²) in [6, 6.07) is 10.1. The van der Waals surface area contributed by atoms with Gasteiger partial charge in [0.05, 0.1) is 0 Å². The number of carbonyl (C=O) groups is 1. The first-order chi connectivity index (χ1) is 9.88. The molecule has 1 atom stereocenters. The minimum Gasteiger partial charge on any atom is -0.479 e. The second-order valence-corrected chi connectivity index (χ2v) is 5.93. The second-order valence-electron chi connectivity index (χ2n) is 5.02. The Morgan fingerprint density at radius 2 is 1.90 bits per heavy atom. The van der Waals surface area contributed by atoms with Crippen LogP contribution in [0.3, 0.4) is 0 Å². The summed E-state index contributed by atoms with van der Waals surface area (Å²) in [7, 11) is 0. The highest BCUT2D eigenvalue weighted by Gasteiger charge is 2.20. The molecule has 0 fully saturated rings. The Hall–Kier alpha value is -1.68. The summed E-state index contributed by atoms with van der Waals surface area (Å²) in [4.78, 5) is 12.5. The van der Waals surface area contributed by atoms with Gasteiger partial charge < -0.3 is 4.74 Å². The predicted octanol–water partition coefficient (Wildman–Crippen LogP) is 4.86. The van der Waals surface area contributed by atoms with Crippen LogP contribution in [0.25, 0.3) is 0 Å². The first-order valence-corrected chi connectivity index (χ1v) is 7.41. The van der Waals surface area contributed by atoms with Gasteiger partial charge in [-0.3, -0.25) is 4.79 Å². The van der Waals surface area contributed by atoms with E-state index in [0.29, 0.717) is 10.0 Å². The summed E-state index contributed by atoms with van der Waals surface area (Å²) < 4.78 is 19.9. The van der Waals surface area contributed by atoms with E-state index in [2.05, 4.69) is 15.9 Å². The molecule has 0 N–H and O–H groups in total. The summed E-state index contributed by atoms with van der Waals surface area (Å²) in [5.74, 6) is -0.579. The van der Waals surface area contributed by atoms with E-state index >= 15 is 0 Å². The van der Waals surface area contributed by atoms with Crippen molar-refractivity contribution in [1.29, 1.82) is 0 Å². The van der Waals surface area contributed by atoms with Crippen molar-refractivity contribution in [1.82, 2.24) is 0 Å². The fraction of sp³-hybridized carbons (Fsp3) is 0.235. The van der Waals surface area contributed by atoms with Crippen LogP contribution in [0.2, 0.25) is 0 Å². The largest absolute Gasteiger partial charge is 0.479 e. The van der Waals surface area contributed by atoms with Gasteiger partial charge in [0.1, 0.15) is 0 Å². The first kappa shape index (κ1) is 15.7. The van der Waals surface area contributed by atoms with Gasteiger partial charge in [-0.05, 0) is 50.6 Å². The van der Waals surface area contributed by atoms with Gasteiger partial charge in [-0.1, -0.05) is 33.6 Å². The maximum Gasteiger partial charge on any atom is 0.203 e. The molecule has 0 aliphatic rings. The van der Waals surface area contributed by atoms with Crippen molar-refractivity contribution in [3.8, 4) is 5.75 Å². The van der Waals surface area contributed by atoms with Crippen LogP contribution < -0.4 is 4.74 Å². The third kappa shape index (κ3) is 3.70. The van der Waals surface area contributed by atoms with Crippen LogP contribution >= 0.6 is 15.9 Å². The van der Waals surface area contributed by atoms with Gasteiger partial charge in [-0.2, -0.15) is 0 Å². The number of rotatable bonds is 4. The number of carbonyl (C=O) groups excluding carboxylic acids is 1. The molecule has 0 aromatic heterocycles. The Kier molecular flexibility index (Phi) is 4.78. The van der Waals surface area contributed by atoms with Crippen LogP contribution in [0.1, 0.15) is 28.4 Å². The van der Waals surface area contributed by atoms with E-state index in [9.17, 15) is 9.18 Å². The van der Waals surface area contributed by atoms with Gasteiger partial charge in [0.25, 0.3) is 0 Å². The van der Waals surface area contributed by atoms with Crippen LogP contribution in [0.5, 0.6) is 5.75 Å². The molecule has 0 saturated carbocycles. The van der Waals surface area contributed by atoms with E-state index in [0.717, 1.165) is 11.1 Å². The van der Waals surface area contributed by atoms with Crippen molar-refractivity contribution in [2.75, 3.05) is 0 Å². The lowest BCUT2D eigenvalue weighted by Gasteiger charge is -2.16. The van der Waals surface area contributed by atoms with Crippen LogP contribution in [-0.4, -0.2) is 11.9 Å². The van der Waals surface area contributed by atoms with E-state index in [-0.39, 0.29) is 11.5 Å². The van der Waals surface area contributed by atoms with Gasteiger partial charge >= 0.3 is 0 Å². The highest BCUT2D eigenvalue weighted by atomic mass is 79.9. The van der Waals surface area contributed by atoms with E-state index in [1.54, 1.807) is 13.0 Å². The highest BCUT2D eigenvalue weighted by molar-refractivity contribution is 9.10. The molecule has 2 nitrogen and oxygen atoms in total. The normalized spacial score (nSPS) is 12.0. The maximum atomic E-state index is 13.7. The molecule has 0 heterocycles. The number of ketones is 1. The van der Waals surface area contributed by atoms with E-state index < -0.39 is 11.9 Å². The highest BCUT2D eigenvalue weighted by Crippen LogP contribution is 2.24. The zero-order valence-electron chi connectivity index (χ0n) is 12.1. The number of benzene rings is 2. The molecule has 0 aliphatic carbocycles. The Morgan fingerprint density at radius 1 is 1.19 bits per heavy atom. The molecule has 2 aromatic rings. The van der Waals surface area contributed by atoms with Crippen molar-refractivity contribution in [2.24, 2.45) is 0 Å².